The Kier molecular flexibility index (Phi) is 6.60. The molecule has 2 fully saturated rings. The molecule has 0 spiro atoms. The number of allylic oxidation sites excluding steroid dienone is 1. The van der Waals surface area contributed by atoms with E-state index in [1.54, 1.807) is 21.6 Å². The molecule has 0 aromatic carbocycles. The molecule has 2 saturated heterocycles. The second-order valence-corrected chi connectivity index (χ2v) is 8.79. The van der Waals surface area contributed by atoms with Crippen molar-refractivity contribution < 1.29 is 14.3 Å². The number of likely N-dealkylation sites (tertiary alicyclic amines) is 1. The molecule has 0 radical (unpaired) electrons. The Bertz CT molecular complexity index is 600. The van der Waals surface area contributed by atoms with Crippen molar-refractivity contribution in [2.24, 2.45) is 5.92 Å². The molecular formula is C18H30N4O3S. The van der Waals surface area contributed by atoms with E-state index < -0.39 is 5.60 Å². The van der Waals surface area contributed by atoms with Crippen LogP contribution in [0.4, 0.5) is 4.79 Å². The predicted octanol–water partition coefficient (Wildman–Crippen LogP) is 2.29. The van der Waals surface area contributed by atoms with Crippen LogP contribution in [0, 0.1) is 11.3 Å². The van der Waals surface area contributed by atoms with Crippen LogP contribution in [0.1, 0.15) is 34.1 Å². The first-order chi connectivity index (χ1) is 12.2. The summed E-state index contributed by atoms with van der Waals surface area (Å²) in [5.41, 5.74) is 0.715. The number of hydrogen-bond donors (Lipinski definition) is 2. The van der Waals surface area contributed by atoms with E-state index in [0.29, 0.717) is 37.7 Å². The van der Waals surface area contributed by atoms with Gasteiger partial charge in [-0.1, -0.05) is 0 Å². The number of rotatable bonds is 4. The summed E-state index contributed by atoms with van der Waals surface area (Å²) in [6.07, 6.45) is 3.38. The third-order valence-electron chi connectivity index (χ3n) is 4.44. The third kappa shape index (κ3) is 4.93. The molecule has 2 atom stereocenters. The lowest BCUT2D eigenvalue weighted by atomic mass is 10.1. The number of piperazine rings is 1. The molecule has 0 bridgehead atoms. The number of nitrogens with zero attached hydrogens (tertiary/aromatic N) is 2. The number of amides is 2. The van der Waals surface area contributed by atoms with Gasteiger partial charge in [-0.15, -0.1) is 0 Å². The first-order valence-electron chi connectivity index (χ1n) is 8.92. The van der Waals surface area contributed by atoms with E-state index in [-0.39, 0.29) is 18.0 Å². The molecule has 2 aliphatic heterocycles. The second-order valence-electron chi connectivity index (χ2n) is 7.88. The van der Waals surface area contributed by atoms with Gasteiger partial charge in [0.15, 0.2) is 0 Å². The van der Waals surface area contributed by atoms with E-state index in [1.165, 1.54) is 6.21 Å². The monoisotopic (exact) mass is 382 g/mol. The smallest absolute Gasteiger partial charge is 0.410 e. The normalized spacial score (nSPS) is 25.8. The Balaban J connectivity index is 2.20. The van der Waals surface area contributed by atoms with Crippen LogP contribution in [-0.4, -0.2) is 71.3 Å². The highest BCUT2D eigenvalue weighted by Crippen LogP contribution is 2.26. The van der Waals surface area contributed by atoms with Gasteiger partial charge < -0.3 is 20.4 Å². The molecule has 0 saturated carbocycles. The fourth-order valence-electron chi connectivity index (χ4n) is 3.19. The van der Waals surface area contributed by atoms with Gasteiger partial charge in [0.25, 0.3) is 0 Å². The number of carbonyl (C=O) groups excluding carboxylic acids is 2. The van der Waals surface area contributed by atoms with E-state index in [1.807, 2.05) is 34.0 Å². The molecule has 0 aromatic rings. The highest BCUT2D eigenvalue weighted by molar-refractivity contribution is 7.98. The van der Waals surface area contributed by atoms with Gasteiger partial charge in [-0.3, -0.25) is 9.69 Å². The minimum Gasteiger partial charge on any atom is -0.444 e. The van der Waals surface area contributed by atoms with Crippen molar-refractivity contribution in [2.75, 3.05) is 31.6 Å². The van der Waals surface area contributed by atoms with E-state index in [0.717, 1.165) is 11.4 Å². The lowest BCUT2D eigenvalue weighted by Crippen LogP contribution is -2.53. The average molecular weight is 383 g/mol. The Labute approximate surface area is 160 Å². The van der Waals surface area contributed by atoms with Crippen LogP contribution in [0.5, 0.6) is 0 Å². The van der Waals surface area contributed by atoms with Crippen LogP contribution >= 0.6 is 11.8 Å². The van der Waals surface area contributed by atoms with Gasteiger partial charge in [0.1, 0.15) is 5.60 Å². The van der Waals surface area contributed by atoms with Crippen LogP contribution in [-0.2, 0) is 9.53 Å². The van der Waals surface area contributed by atoms with Gasteiger partial charge in [-0.05, 0) is 45.6 Å². The Hall–Kier alpha value is -1.70. The number of nitrogens with one attached hydrogen (secondary N) is 2. The van der Waals surface area contributed by atoms with Gasteiger partial charge >= 0.3 is 6.09 Å². The number of thioether (sulfide) groups is 1. The molecule has 2 aliphatic rings. The minimum absolute atomic E-state index is 0.0286. The molecule has 1 unspecified atom stereocenters. The highest BCUT2D eigenvalue weighted by Gasteiger charge is 2.35. The molecular weight excluding hydrogens is 352 g/mol. The maximum absolute atomic E-state index is 12.5. The molecule has 2 rings (SSSR count). The quantitative estimate of drug-likeness (QED) is 0.729. The first-order valence-corrected chi connectivity index (χ1v) is 10.3. The minimum atomic E-state index is -0.564. The zero-order valence-corrected chi connectivity index (χ0v) is 17.1. The van der Waals surface area contributed by atoms with Crippen LogP contribution in [0.25, 0.3) is 0 Å². The van der Waals surface area contributed by atoms with Gasteiger partial charge in [0.05, 0.1) is 17.9 Å². The Morgan fingerprint density at radius 2 is 2.15 bits per heavy atom. The van der Waals surface area contributed by atoms with E-state index in [9.17, 15) is 9.59 Å². The number of ether oxygens (including phenoxy) is 1. The molecule has 2 N–H and O–H groups in total. The zero-order chi connectivity index (χ0) is 19.5. The lowest BCUT2D eigenvalue weighted by Gasteiger charge is -2.38. The van der Waals surface area contributed by atoms with E-state index in [2.05, 4.69) is 5.32 Å². The fraction of sp³-hybridized carbons (Fsp3) is 0.722. The van der Waals surface area contributed by atoms with Gasteiger partial charge in [0, 0.05) is 31.8 Å². The first kappa shape index (κ1) is 20.6. The largest absolute Gasteiger partial charge is 0.444 e. The summed E-state index contributed by atoms with van der Waals surface area (Å²) in [7, 11) is 0. The Morgan fingerprint density at radius 3 is 2.73 bits per heavy atom. The molecule has 2 heterocycles. The summed E-state index contributed by atoms with van der Waals surface area (Å²) in [6, 6.07) is -0.0286. The van der Waals surface area contributed by atoms with Crippen molar-refractivity contribution in [3.8, 4) is 0 Å². The van der Waals surface area contributed by atoms with Crippen LogP contribution in [0.3, 0.4) is 0 Å². The summed E-state index contributed by atoms with van der Waals surface area (Å²) in [5.74, 6) is 1.27. The lowest BCUT2D eigenvalue weighted by molar-refractivity contribution is -0.125. The summed E-state index contributed by atoms with van der Waals surface area (Å²) in [6.45, 7) is 8.95. The topological polar surface area (TPSA) is 85.7 Å². The maximum Gasteiger partial charge on any atom is 0.410 e. The number of hydrogen-bond acceptors (Lipinski definition) is 6. The summed E-state index contributed by atoms with van der Waals surface area (Å²) >= 11 is 1.73. The molecule has 26 heavy (non-hydrogen) atoms. The standard InChI is InChI=1S/C18H30N4O3S/c1-12-8-20-14(10-21(12)17(24)25-18(2,3)4)15(7-19)22-9-13(11-26-5)6-16(22)23/h7,12-13,19-20H,6,8-11H2,1-5H3/b15-14+,19-7?/t12-,13?/m0/s1. The van der Waals surface area contributed by atoms with E-state index >= 15 is 0 Å². The second kappa shape index (κ2) is 8.33. The van der Waals surface area contributed by atoms with Crippen molar-refractivity contribution in [1.29, 1.82) is 5.41 Å². The molecule has 8 heteroatoms. The molecule has 0 aromatic heterocycles. The number of carbonyl (C=O) groups is 2. The van der Waals surface area contributed by atoms with Crippen molar-refractivity contribution >= 4 is 30.0 Å². The van der Waals surface area contributed by atoms with Gasteiger partial charge in [-0.25, -0.2) is 4.79 Å². The third-order valence-corrected chi connectivity index (χ3v) is 5.25. The van der Waals surface area contributed by atoms with Crippen molar-refractivity contribution in [1.82, 2.24) is 15.1 Å². The molecule has 0 aliphatic carbocycles. The van der Waals surface area contributed by atoms with Crippen molar-refractivity contribution in [2.45, 2.75) is 45.8 Å². The van der Waals surface area contributed by atoms with Crippen molar-refractivity contribution in [3.63, 3.8) is 0 Å². The zero-order valence-electron chi connectivity index (χ0n) is 16.3. The SMILES string of the molecule is CSCC1CC(=O)N(/C(C=N)=C2\CN(C(=O)OC(C)(C)C)[C@@H](C)CN2)C1. The molecule has 146 valence electrons. The van der Waals surface area contributed by atoms with Gasteiger partial charge in [-0.2, -0.15) is 11.8 Å². The molecule has 2 amide bonds. The maximum atomic E-state index is 12.5. The fourth-order valence-corrected chi connectivity index (χ4v) is 3.88. The van der Waals surface area contributed by atoms with E-state index in [4.69, 9.17) is 10.1 Å². The van der Waals surface area contributed by atoms with Crippen LogP contribution in [0.15, 0.2) is 11.4 Å². The van der Waals surface area contributed by atoms with Crippen LogP contribution in [0.2, 0.25) is 0 Å². The van der Waals surface area contributed by atoms with Gasteiger partial charge in [0.2, 0.25) is 5.91 Å². The van der Waals surface area contributed by atoms with Crippen molar-refractivity contribution in [3.05, 3.63) is 11.4 Å². The van der Waals surface area contributed by atoms with Crippen LogP contribution < -0.4 is 5.32 Å². The summed E-state index contributed by atoms with van der Waals surface area (Å²) < 4.78 is 5.50. The Morgan fingerprint density at radius 1 is 1.46 bits per heavy atom. The summed E-state index contributed by atoms with van der Waals surface area (Å²) in [4.78, 5) is 28.3. The predicted molar refractivity (Wildman–Crippen MR) is 104 cm³/mol. The summed E-state index contributed by atoms with van der Waals surface area (Å²) in [5, 5.41) is 11.1. The highest BCUT2D eigenvalue weighted by atomic mass is 32.2. The average Bonchev–Trinajstić information content (AvgIpc) is 2.89. The molecule has 7 nitrogen and oxygen atoms in total.